The molecule has 0 bridgehead atoms. The van der Waals surface area contributed by atoms with Gasteiger partial charge in [0.1, 0.15) is 35.8 Å². The van der Waals surface area contributed by atoms with Crippen molar-refractivity contribution in [3.8, 4) is 0 Å². The third kappa shape index (κ3) is 65.3. The van der Waals surface area contributed by atoms with Gasteiger partial charge in [-0.05, 0) is 0 Å². The molecule has 0 spiro atoms. The zero-order chi connectivity index (χ0) is 40.5. The first-order chi connectivity index (χ1) is 19.7. The Hall–Kier alpha value is -4.41. The SMILES string of the molecule is O=C([O-])C(F)(F)F.O=C([O-])C(F)(F)F.O=C([O-])C(F)(F)F.O=C([O-])C(F)(F)F.O=C([O-])C(F)(F)F.O=C([O-])C(F)(F)F.[C]=O.[C]=O.[Mo+6]. The van der Waals surface area contributed by atoms with Gasteiger partial charge in [0.05, 0.1) is 0 Å². The molecule has 0 atom stereocenters. The first kappa shape index (κ1) is 65.3. The summed E-state index contributed by atoms with van der Waals surface area (Å²) in [5.74, 6) is -18.0. The first-order valence-electron chi connectivity index (χ1n) is 7.76. The molecule has 0 saturated carbocycles. The summed E-state index contributed by atoms with van der Waals surface area (Å²) in [6, 6.07) is 0. The molecule has 0 N–H and O–H groups in total. The van der Waals surface area contributed by atoms with Crippen LogP contribution >= 0.6 is 0 Å². The molecule has 272 valence electrons. The van der Waals surface area contributed by atoms with E-state index in [2.05, 4.69) is 13.6 Å². The van der Waals surface area contributed by atoms with E-state index in [4.69, 9.17) is 69.0 Å². The average molecular weight is 830 g/mol. The third-order valence-electron chi connectivity index (χ3n) is 1.39. The maximum Gasteiger partial charge on any atom is 6.00 e. The van der Waals surface area contributed by atoms with Crippen LogP contribution in [0.5, 0.6) is 0 Å². The first-order valence-corrected chi connectivity index (χ1v) is 7.76. The van der Waals surface area contributed by atoms with Gasteiger partial charge < -0.3 is 59.4 Å². The molecule has 14 nitrogen and oxygen atoms in total. The van der Waals surface area contributed by atoms with E-state index >= 15 is 0 Å². The number of aliphatic carboxylic acids is 6. The maximum atomic E-state index is 10.5. The largest absolute Gasteiger partial charge is 6.00 e. The van der Waals surface area contributed by atoms with E-state index in [-0.39, 0.29) is 21.1 Å². The summed E-state index contributed by atoms with van der Waals surface area (Å²) >= 11 is 0. The Bertz CT molecular complexity index is 729. The van der Waals surface area contributed by atoms with Crippen LogP contribution in [0.1, 0.15) is 0 Å². The molecule has 0 aliphatic heterocycles. The van der Waals surface area contributed by atoms with Gasteiger partial charge in [-0.1, -0.05) is 0 Å². The van der Waals surface area contributed by atoms with E-state index in [1.165, 1.54) is 0 Å². The predicted octanol–water partition coefficient (Wildman–Crippen LogP) is -5.01. The molecule has 0 unspecified atom stereocenters. The summed E-state index contributed by atoms with van der Waals surface area (Å²) in [6.45, 7) is 9.00. The quantitative estimate of drug-likeness (QED) is 0.163. The van der Waals surface area contributed by atoms with Crippen LogP contribution in [0.25, 0.3) is 0 Å². The number of carbonyl (C=O) groups is 6. The van der Waals surface area contributed by atoms with Gasteiger partial charge in [0.2, 0.25) is 0 Å². The Kier molecular flexibility index (Phi) is 38.7. The van der Waals surface area contributed by atoms with Crippen LogP contribution in [0.2, 0.25) is 0 Å². The number of hydrogen-bond donors (Lipinski definition) is 0. The van der Waals surface area contributed by atoms with Gasteiger partial charge >= 0.3 is 58.1 Å². The molecule has 0 amide bonds. The Morgan fingerprint density at radius 3 is 0.298 bits per heavy atom. The monoisotopic (exact) mass is 832 g/mol. The molecule has 0 aromatic carbocycles. The molecule has 0 saturated heterocycles. The second-order valence-corrected chi connectivity index (χ2v) is 4.71. The Morgan fingerprint density at radius 1 is 0.277 bits per heavy atom. The van der Waals surface area contributed by atoms with E-state index < -0.39 is 72.9 Å². The van der Waals surface area contributed by atoms with E-state index in [1.54, 1.807) is 0 Å². The van der Waals surface area contributed by atoms with Crippen LogP contribution in [0.4, 0.5) is 79.0 Å². The van der Waals surface area contributed by atoms with Gasteiger partial charge in [-0.3, -0.25) is 9.59 Å². The van der Waals surface area contributed by atoms with Crippen LogP contribution in [0.15, 0.2) is 0 Å². The Balaban J connectivity index is -0.0000000513. The zero-order valence-electron chi connectivity index (χ0n) is 19.9. The normalized spacial score (nSPS) is 10.3. The third-order valence-corrected chi connectivity index (χ3v) is 1.39. The fraction of sp³-hybridized carbons (Fsp3) is 0.429. The van der Waals surface area contributed by atoms with Crippen molar-refractivity contribution in [2.24, 2.45) is 0 Å². The number of carbonyl (C=O) groups excluding carboxylic acids is 8. The van der Waals surface area contributed by atoms with Gasteiger partial charge in [-0.25, -0.2) is 0 Å². The summed E-state index contributed by atoms with van der Waals surface area (Å²) in [7, 11) is 0. The van der Waals surface area contributed by atoms with Crippen molar-refractivity contribution in [1.82, 2.24) is 0 Å². The number of rotatable bonds is 0. The van der Waals surface area contributed by atoms with E-state index in [9.17, 15) is 79.0 Å². The standard InChI is InChI=1S/6C2HF3O2.2CO.Mo/c6*3-2(4,5)1(6)7;2*1-2;/h6*(H,6,7);;;/q;;;;;;;;+6/p-6. The van der Waals surface area contributed by atoms with E-state index in [1.807, 2.05) is 0 Å². The summed E-state index contributed by atoms with van der Waals surface area (Å²) in [6.07, 6.45) is -31.2. The fourth-order valence-corrected chi connectivity index (χ4v) is 0. The summed E-state index contributed by atoms with van der Waals surface area (Å²) in [5, 5.41) is 52.7. The van der Waals surface area contributed by atoms with Gasteiger partial charge in [-0.15, -0.1) is 0 Å². The molecule has 0 rings (SSSR count). The van der Waals surface area contributed by atoms with Crippen LogP contribution in [0, 0.1) is 0 Å². The molecule has 0 aliphatic rings. The van der Waals surface area contributed by atoms with Gasteiger partial charge in [0, 0.05) is 0 Å². The maximum absolute atomic E-state index is 10.5. The second kappa shape index (κ2) is 27.9. The number of carboxylic acid groups (broad SMARTS) is 6. The van der Waals surface area contributed by atoms with Crippen LogP contribution in [0.3, 0.4) is 0 Å². The summed E-state index contributed by atoms with van der Waals surface area (Å²) in [5.41, 5.74) is 0. The molecule has 0 heterocycles. The number of carboxylic acids is 6. The van der Waals surface area contributed by atoms with Gasteiger partial charge in [0.25, 0.3) is 13.6 Å². The molecular weight excluding hydrogens is 830 g/mol. The van der Waals surface area contributed by atoms with Crippen molar-refractivity contribution in [2.75, 3.05) is 0 Å². The van der Waals surface area contributed by atoms with Gasteiger partial charge in [0.15, 0.2) is 0 Å². The van der Waals surface area contributed by atoms with Crippen molar-refractivity contribution in [1.29, 1.82) is 0 Å². The van der Waals surface area contributed by atoms with E-state index in [0.29, 0.717) is 0 Å². The summed E-state index contributed by atoms with van der Waals surface area (Å²) < 4.78 is 189. The molecule has 33 heteroatoms. The molecule has 0 aromatic rings. The van der Waals surface area contributed by atoms with Crippen molar-refractivity contribution in [2.45, 2.75) is 37.1 Å². The fourth-order valence-electron chi connectivity index (χ4n) is 0. The number of hydrogen-bond acceptors (Lipinski definition) is 14. The Labute approximate surface area is 256 Å². The minimum Gasteiger partial charge on any atom is -0.542 e. The molecular formula is C14F18MoO14. The van der Waals surface area contributed by atoms with Crippen LogP contribution in [-0.4, -0.2) is 86.5 Å². The van der Waals surface area contributed by atoms with Crippen LogP contribution in [-0.2, 0) is 59.4 Å². The van der Waals surface area contributed by atoms with Crippen LogP contribution < -0.4 is 30.6 Å². The summed E-state index contributed by atoms with van der Waals surface area (Å²) in [4.78, 5) is 67.7. The predicted molar refractivity (Wildman–Crippen MR) is 77.8 cm³/mol. The zero-order valence-corrected chi connectivity index (χ0v) is 21.9. The average Bonchev–Trinajstić information content (AvgIpc) is 2.80. The molecule has 0 aliphatic carbocycles. The van der Waals surface area contributed by atoms with Crippen molar-refractivity contribution in [3.63, 3.8) is 0 Å². The Morgan fingerprint density at radius 2 is 0.298 bits per heavy atom. The van der Waals surface area contributed by atoms with E-state index in [0.717, 1.165) is 0 Å². The second-order valence-electron chi connectivity index (χ2n) is 4.71. The minimum atomic E-state index is -5.19. The van der Waals surface area contributed by atoms with Gasteiger partial charge in [-0.2, -0.15) is 79.0 Å². The molecule has 4 radical (unpaired) electrons. The number of alkyl halides is 18. The number of halogens is 18. The molecule has 47 heavy (non-hydrogen) atoms. The topological polar surface area (TPSA) is 275 Å². The van der Waals surface area contributed by atoms with Crippen molar-refractivity contribution < 1.29 is 169 Å². The van der Waals surface area contributed by atoms with Crippen molar-refractivity contribution >= 4 is 49.4 Å². The molecule has 0 aromatic heterocycles. The smallest absolute Gasteiger partial charge is 0.542 e. The molecule has 0 fully saturated rings. The minimum absolute atomic E-state index is 0. The van der Waals surface area contributed by atoms with Crippen molar-refractivity contribution in [3.05, 3.63) is 0 Å².